The normalized spacial score (nSPS) is 21.4. The molecular weight excluding hydrogens is 206 g/mol. The Kier molecular flexibility index (Phi) is 4.81. The van der Waals surface area contributed by atoms with Gasteiger partial charge in [0.2, 0.25) is 0 Å². The van der Waals surface area contributed by atoms with E-state index in [0.717, 1.165) is 7.11 Å². The summed E-state index contributed by atoms with van der Waals surface area (Å²) in [5, 5.41) is 0. The van der Waals surface area contributed by atoms with Crippen LogP contribution in [0.4, 0.5) is 0 Å². The van der Waals surface area contributed by atoms with E-state index >= 15 is 0 Å². The van der Waals surface area contributed by atoms with Gasteiger partial charge in [-0.1, -0.05) is 4.31 Å². The van der Waals surface area contributed by atoms with Crippen LogP contribution < -0.4 is 0 Å². The summed E-state index contributed by atoms with van der Waals surface area (Å²) >= 11 is 0. The van der Waals surface area contributed by atoms with E-state index in [2.05, 4.69) is 13.4 Å². The van der Waals surface area contributed by atoms with E-state index in [1.807, 2.05) is 0 Å². The first-order valence-corrected chi connectivity index (χ1v) is 6.41. The molecule has 0 aliphatic rings. The van der Waals surface area contributed by atoms with Gasteiger partial charge in [-0.2, -0.15) is 9.42 Å². The molecule has 0 aromatic heterocycles. The number of hydrogen-bond donors (Lipinski definition) is 2. The topological polar surface area (TPSA) is 85.2 Å². The molecule has 0 bridgehead atoms. The first-order chi connectivity index (χ1) is 5.39. The van der Waals surface area contributed by atoms with Crippen LogP contribution in [0.15, 0.2) is 0 Å². The van der Waals surface area contributed by atoms with Crippen molar-refractivity contribution in [3.63, 3.8) is 0 Å². The van der Waals surface area contributed by atoms with Crippen LogP contribution in [0.2, 0.25) is 0 Å². The molecule has 12 heavy (non-hydrogen) atoms. The molecule has 0 fully saturated rings. The minimum Gasteiger partial charge on any atom is -0.300 e. The van der Waals surface area contributed by atoms with Crippen molar-refractivity contribution in [3.05, 3.63) is 0 Å². The minimum absolute atomic E-state index is 0.122. The molecule has 0 saturated carbocycles. The minimum atomic E-state index is -4.15. The third-order valence-corrected chi connectivity index (χ3v) is 4.82. The van der Waals surface area contributed by atoms with Crippen molar-refractivity contribution in [2.45, 2.75) is 6.92 Å². The zero-order chi connectivity index (χ0) is 9.83. The number of phosphoric ester groups is 1. The Bertz CT molecular complexity index is 178. The molecule has 2 N–H and O–H groups in total. The molecule has 0 aliphatic heterocycles. The second kappa shape index (κ2) is 4.63. The highest BCUT2D eigenvalue weighted by Crippen LogP contribution is 2.67. The Morgan fingerprint density at radius 2 is 2.00 bits per heavy atom. The first-order valence-electron chi connectivity index (χ1n) is 3.15. The summed E-state index contributed by atoms with van der Waals surface area (Å²) in [6, 6.07) is 0. The Balaban J connectivity index is 4.30. The van der Waals surface area contributed by atoms with Gasteiger partial charge in [0.15, 0.2) is 0 Å². The standard InChI is InChI=1S/C4H12O6P2/c1-4-11(5,8-2)10-12(6,7)9-3/h5H,4H2,1-3H3/p+1. The first kappa shape index (κ1) is 12.5. The molecule has 0 aromatic carbocycles. The van der Waals surface area contributed by atoms with Crippen LogP contribution in [0.3, 0.4) is 0 Å². The fourth-order valence-electron chi connectivity index (χ4n) is 0.415. The van der Waals surface area contributed by atoms with Crippen LogP contribution in [0.25, 0.3) is 0 Å². The third-order valence-electron chi connectivity index (χ3n) is 1.15. The van der Waals surface area contributed by atoms with Crippen LogP contribution in [0.1, 0.15) is 6.92 Å². The molecule has 0 saturated heterocycles. The number of rotatable bonds is 5. The van der Waals surface area contributed by atoms with E-state index in [1.54, 1.807) is 6.92 Å². The maximum absolute atomic E-state index is 10.8. The summed E-state index contributed by atoms with van der Waals surface area (Å²) < 4.78 is 23.9. The average molecular weight is 219 g/mol. The van der Waals surface area contributed by atoms with Gasteiger partial charge >= 0.3 is 15.8 Å². The van der Waals surface area contributed by atoms with Gasteiger partial charge in [0.1, 0.15) is 6.16 Å². The molecule has 2 unspecified atom stereocenters. The van der Waals surface area contributed by atoms with Crippen LogP contribution in [0.5, 0.6) is 0 Å². The number of phosphoric acid groups is 1. The van der Waals surface area contributed by atoms with E-state index in [-0.39, 0.29) is 6.16 Å². The molecular formula is C4H13O6P2+. The van der Waals surface area contributed by atoms with E-state index in [0.29, 0.717) is 0 Å². The maximum atomic E-state index is 10.8. The summed E-state index contributed by atoms with van der Waals surface area (Å²) in [5.41, 5.74) is 0. The summed E-state index contributed by atoms with van der Waals surface area (Å²) in [6.07, 6.45) is 0.122. The SMILES string of the molecule is CC[P+](O)(OC)OP(=O)(O)OC. The van der Waals surface area contributed by atoms with E-state index in [4.69, 9.17) is 4.89 Å². The van der Waals surface area contributed by atoms with Gasteiger partial charge in [0.25, 0.3) is 0 Å². The second-order valence-corrected chi connectivity index (χ2v) is 6.10. The fourth-order valence-corrected chi connectivity index (χ4v) is 2.96. The molecule has 2 atom stereocenters. The van der Waals surface area contributed by atoms with Crippen molar-refractivity contribution < 1.29 is 27.7 Å². The Morgan fingerprint density at radius 1 is 1.50 bits per heavy atom. The summed E-state index contributed by atoms with van der Waals surface area (Å²) in [4.78, 5) is 18.2. The third kappa shape index (κ3) is 3.92. The zero-order valence-corrected chi connectivity index (χ0v) is 8.92. The monoisotopic (exact) mass is 219 g/mol. The predicted molar refractivity (Wildman–Crippen MR) is 44.6 cm³/mol. The zero-order valence-electron chi connectivity index (χ0n) is 7.13. The quantitative estimate of drug-likeness (QED) is 0.675. The largest absolute Gasteiger partial charge is 0.510 e. The van der Waals surface area contributed by atoms with Crippen molar-refractivity contribution in [3.8, 4) is 0 Å². The molecule has 0 amide bonds. The van der Waals surface area contributed by atoms with Crippen molar-refractivity contribution in [2.75, 3.05) is 20.4 Å². The van der Waals surface area contributed by atoms with Crippen molar-refractivity contribution in [1.82, 2.24) is 0 Å². The molecule has 0 radical (unpaired) electrons. The van der Waals surface area contributed by atoms with Gasteiger partial charge in [-0.15, -0.1) is 0 Å². The molecule has 0 spiro atoms. The Labute approximate surface area is 71.7 Å². The van der Waals surface area contributed by atoms with E-state index in [9.17, 15) is 9.46 Å². The molecule has 8 heteroatoms. The van der Waals surface area contributed by atoms with Gasteiger partial charge in [0.05, 0.1) is 7.11 Å². The molecule has 6 nitrogen and oxygen atoms in total. The predicted octanol–water partition coefficient (Wildman–Crippen LogP) is 1.17. The summed E-state index contributed by atoms with van der Waals surface area (Å²) in [5.74, 6) is 0. The van der Waals surface area contributed by atoms with Crippen molar-refractivity contribution >= 4 is 15.8 Å². The van der Waals surface area contributed by atoms with Gasteiger partial charge in [-0.05, 0) is 6.92 Å². The Morgan fingerprint density at radius 3 is 2.25 bits per heavy atom. The van der Waals surface area contributed by atoms with Crippen LogP contribution in [0, 0.1) is 0 Å². The summed E-state index contributed by atoms with van der Waals surface area (Å²) in [7, 11) is -5.15. The highest BCUT2D eigenvalue weighted by atomic mass is 31.3. The lowest BCUT2D eigenvalue weighted by molar-refractivity contribution is 0.207. The van der Waals surface area contributed by atoms with Crippen molar-refractivity contribution in [1.29, 1.82) is 0 Å². The lowest BCUT2D eigenvalue weighted by Gasteiger charge is -2.14. The fraction of sp³-hybridized carbons (Fsp3) is 1.00. The smallest absolute Gasteiger partial charge is 0.300 e. The highest BCUT2D eigenvalue weighted by Gasteiger charge is 2.46. The van der Waals surface area contributed by atoms with E-state index in [1.165, 1.54) is 7.11 Å². The van der Waals surface area contributed by atoms with Gasteiger partial charge in [-0.3, -0.25) is 4.52 Å². The van der Waals surface area contributed by atoms with Gasteiger partial charge in [-0.25, -0.2) is 4.57 Å². The highest BCUT2D eigenvalue weighted by molar-refractivity contribution is 7.68. The molecule has 0 heterocycles. The average Bonchev–Trinajstić information content (AvgIpc) is 2.04. The summed E-state index contributed by atoms with van der Waals surface area (Å²) in [6.45, 7) is 1.58. The van der Waals surface area contributed by atoms with Crippen LogP contribution in [-0.4, -0.2) is 30.2 Å². The molecule has 74 valence electrons. The molecule has 0 rings (SSSR count). The molecule has 0 aliphatic carbocycles. The van der Waals surface area contributed by atoms with Gasteiger partial charge in [0, 0.05) is 7.11 Å². The Hall–Kier alpha value is 0.460. The van der Waals surface area contributed by atoms with Gasteiger partial charge < -0.3 is 4.89 Å². The van der Waals surface area contributed by atoms with E-state index < -0.39 is 15.8 Å². The van der Waals surface area contributed by atoms with Crippen LogP contribution >= 0.6 is 15.8 Å². The lowest BCUT2D eigenvalue weighted by Crippen LogP contribution is -2.01. The van der Waals surface area contributed by atoms with Crippen molar-refractivity contribution in [2.24, 2.45) is 0 Å². The second-order valence-electron chi connectivity index (χ2n) is 1.87. The number of hydrogen-bond acceptors (Lipinski definition) is 5. The van der Waals surface area contributed by atoms with Crippen LogP contribution in [-0.2, 0) is 17.9 Å². The maximum Gasteiger partial charge on any atom is 0.510 e. The molecule has 0 aromatic rings. The lowest BCUT2D eigenvalue weighted by atomic mass is 11.0.